The molecule has 0 fully saturated rings. The lowest BCUT2D eigenvalue weighted by molar-refractivity contribution is 0.0948. The molecular weight excluding hydrogens is 264 g/mol. The molecular formula is C16H22N4O. The number of hydrogen-bond donors (Lipinski definition) is 3. The van der Waals surface area contributed by atoms with E-state index in [-0.39, 0.29) is 5.91 Å². The first-order valence-electron chi connectivity index (χ1n) is 7.33. The normalized spacial score (nSPS) is 10.9. The molecule has 21 heavy (non-hydrogen) atoms. The van der Waals surface area contributed by atoms with Gasteiger partial charge in [-0.3, -0.25) is 4.79 Å². The SMILES string of the molecule is CCC(CC)CNC(=O)c1cnc(NN)c2ccccc12. The van der Waals surface area contributed by atoms with E-state index in [1.165, 1.54) is 0 Å². The molecule has 0 bridgehead atoms. The van der Waals surface area contributed by atoms with Crippen molar-refractivity contribution < 1.29 is 4.79 Å². The molecule has 0 unspecified atom stereocenters. The van der Waals surface area contributed by atoms with Crippen LogP contribution < -0.4 is 16.6 Å². The second kappa shape index (κ2) is 7.04. The van der Waals surface area contributed by atoms with Crippen molar-refractivity contribution in [1.82, 2.24) is 10.3 Å². The highest BCUT2D eigenvalue weighted by atomic mass is 16.1. The monoisotopic (exact) mass is 286 g/mol. The van der Waals surface area contributed by atoms with Crippen molar-refractivity contribution in [2.75, 3.05) is 12.0 Å². The highest BCUT2D eigenvalue weighted by molar-refractivity contribution is 6.09. The van der Waals surface area contributed by atoms with Gasteiger partial charge in [0.05, 0.1) is 5.56 Å². The lowest BCUT2D eigenvalue weighted by atomic mass is 10.0. The van der Waals surface area contributed by atoms with Crippen LogP contribution in [0.25, 0.3) is 10.8 Å². The molecule has 0 aliphatic heterocycles. The molecule has 0 aliphatic rings. The fourth-order valence-electron chi connectivity index (χ4n) is 2.40. The number of anilines is 1. The van der Waals surface area contributed by atoms with Gasteiger partial charge in [-0.25, -0.2) is 10.8 Å². The Kier molecular flexibility index (Phi) is 5.11. The molecule has 2 aromatic rings. The minimum atomic E-state index is -0.0887. The Morgan fingerprint density at radius 2 is 1.90 bits per heavy atom. The summed E-state index contributed by atoms with van der Waals surface area (Å²) in [6.07, 6.45) is 3.69. The van der Waals surface area contributed by atoms with E-state index in [2.05, 4.69) is 29.6 Å². The van der Waals surface area contributed by atoms with Crippen LogP contribution in [-0.2, 0) is 0 Å². The summed E-state index contributed by atoms with van der Waals surface area (Å²) in [5, 5.41) is 4.69. The molecule has 0 saturated heterocycles. The maximum atomic E-state index is 12.4. The van der Waals surface area contributed by atoms with Gasteiger partial charge in [-0.2, -0.15) is 0 Å². The average molecular weight is 286 g/mol. The molecule has 0 spiro atoms. The molecule has 0 aliphatic carbocycles. The van der Waals surface area contributed by atoms with Crippen LogP contribution in [0.15, 0.2) is 30.5 Å². The molecule has 112 valence electrons. The molecule has 1 aromatic carbocycles. The zero-order valence-corrected chi connectivity index (χ0v) is 12.5. The number of amides is 1. The van der Waals surface area contributed by atoms with Crippen molar-refractivity contribution in [2.24, 2.45) is 11.8 Å². The van der Waals surface area contributed by atoms with E-state index in [9.17, 15) is 4.79 Å². The zero-order valence-electron chi connectivity index (χ0n) is 12.5. The quantitative estimate of drug-likeness (QED) is 0.563. The van der Waals surface area contributed by atoms with Crippen molar-refractivity contribution in [2.45, 2.75) is 26.7 Å². The molecule has 1 amide bonds. The first-order valence-corrected chi connectivity index (χ1v) is 7.33. The number of carbonyl (C=O) groups excluding carboxylic acids is 1. The van der Waals surface area contributed by atoms with E-state index < -0.39 is 0 Å². The molecule has 0 saturated carbocycles. The number of benzene rings is 1. The van der Waals surface area contributed by atoms with Gasteiger partial charge in [0.25, 0.3) is 5.91 Å². The summed E-state index contributed by atoms with van der Waals surface area (Å²) in [6.45, 7) is 4.97. The van der Waals surface area contributed by atoms with Gasteiger partial charge in [0, 0.05) is 18.1 Å². The molecule has 4 N–H and O–H groups in total. The van der Waals surface area contributed by atoms with E-state index in [1.54, 1.807) is 6.20 Å². The number of hydrazine groups is 1. The third-order valence-corrected chi connectivity index (χ3v) is 3.88. The van der Waals surface area contributed by atoms with Crippen LogP contribution in [0, 0.1) is 5.92 Å². The summed E-state index contributed by atoms with van der Waals surface area (Å²) in [5.74, 6) is 6.46. The summed E-state index contributed by atoms with van der Waals surface area (Å²) in [7, 11) is 0. The van der Waals surface area contributed by atoms with Crippen LogP contribution in [-0.4, -0.2) is 17.4 Å². The third-order valence-electron chi connectivity index (χ3n) is 3.88. The second-order valence-electron chi connectivity index (χ2n) is 5.10. The molecule has 1 heterocycles. The largest absolute Gasteiger partial charge is 0.352 e. The van der Waals surface area contributed by atoms with Crippen LogP contribution in [0.5, 0.6) is 0 Å². The number of rotatable bonds is 6. The molecule has 5 heteroatoms. The maximum Gasteiger partial charge on any atom is 0.253 e. The van der Waals surface area contributed by atoms with Crippen molar-refractivity contribution in [1.29, 1.82) is 0 Å². The van der Waals surface area contributed by atoms with Crippen molar-refractivity contribution in [3.8, 4) is 0 Å². The standard InChI is InChI=1S/C16H22N4O/c1-3-11(4-2)9-19-16(21)14-10-18-15(20-17)13-8-6-5-7-12(13)14/h5-8,10-11H,3-4,9,17H2,1-2H3,(H,18,20)(H,19,21). The van der Waals surface area contributed by atoms with Gasteiger partial charge in [0.1, 0.15) is 5.82 Å². The summed E-state index contributed by atoms with van der Waals surface area (Å²) in [4.78, 5) is 16.6. The minimum Gasteiger partial charge on any atom is -0.352 e. The number of nitrogen functional groups attached to an aromatic ring is 1. The Labute approximate surface area is 124 Å². The van der Waals surface area contributed by atoms with Crippen molar-refractivity contribution >= 4 is 22.5 Å². The van der Waals surface area contributed by atoms with E-state index in [0.29, 0.717) is 23.8 Å². The summed E-state index contributed by atoms with van der Waals surface area (Å²) in [5.41, 5.74) is 3.14. The predicted molar refractivity (Wildman–Crippen MR) is 86.0 cm³/mol. The van der Waals surface area contributed by atoms with Gasteiger partial charge in [0.15, 0.2) is 0 Å². The van der Waals surface area contributed by atoms with Crippen LogP contribution in [0.3, 0.4) is 0 Å². The highest BCUT2D eigenvalue weighted by Gasteiger charge is 2.14. The Morgan fingerprint density at radius 1 is 1.24 bits per heavy atom. The number of carbonyl (C=O) groups is 1. The fraction of sp³-hybridized carbons (Fsp3) is 0.375. The van der Waals surface area contributed by atoms with Gasteiger partial charge in [-0.15, -0.1) is 0 Å². The van der Waals surface area contributed by atoms with Gasteiger partial charge < -0.3 is 10.7 Å². The third kappa shape index (κ3) is 3.31. The maximum absolute atomic E-state index is 12.4. The minimum absolute atomic E-state index is 0.0887. The number of hydrogen-bond acceptors (Lipinski definition) is 4. The molecule has 0 radical (unpaired) electrons. The Bertz CT molecular complexity index is 623. The molecule has 2 rings (SSSR count). The van der Waals surface area contributed by atoms with Gasteiger partial charge in [0.2, 0.25) is 0 Å². The van der Waals surface area contributed by atoms with E-state index in [0.717, 1.165) is 23.6 Å². The number of pyridine rings is 1. The van der Waals surface area contributed by atoms with Crippen LogP contribution in [0.1, 0.15) is 37.0 Å². The Morgan fingerprint density at radius 3 is 2.52 bits per heavy atom. The summed E-state index contributed by atoms with van der Waals surface area (Å²) in [6, 6.07) is 7.61. The highest BCUT2D eigenvalue weighted by Crippen LogP contribution is 2.23. The van der Waals surface area contributed by atoms with Crippen LogP contribution in [0.2, 0.25) is 0 Å². The number of nitrogens with zero attached hydrogens (tertiary/aromatic N) is 1. The van der Waals surface area contributed by atoms with E-state index in [1.807, 2.05) is 24.3 Å². The van der Waals surface area contributed by atoms with Crippen molar-refractivity contribution in [3.05, 3.63) is 36.0 Å². The summed E-state index contributed by atoms with van der Waals surface area (Å²) < 4.78 is 0. The van der Waals surface area contributed by atoms with E-state index >= 15 is 0 Å². The van der Waals surface area contributed by atoms with Gasteiger partial charge >= 0.3 is 0 Å². The first kappa shape index (κ1) is 15.3. The van der Waals surface area contributed by atoms with Gasteiger partial charge in [-0.05, 0) is 11.3 Å². The first-order chi connectivity index (χ1) is 10.2. The molecule has 5 nitrogen and oxygen atoms in total. The van der Waals surface area contributed by atoms with Crippen LogP contribution >= 0.6 is 0 Å². The lowest BCUT2D eigenvalue weighted by Crippen LogP contribution is -2.29. The number of fused-ring (bicyclic) bond motifs is 1. The fourth-order valence-corrected chi connectivity index (χ4v) is 2.40. The topological polar surface area (TPSA) is 80.0 Å². The second-order valence-corrected chi connectivity index (χ2v) is 5.10. The predicted octanol–water partition coefficient (Wildman–Crippen LogP) is 2.69. The average Bonchev–Trinajstić information content (AvgIpc) is 2.54. The van der Waals surface area contributed by atoms with Crippen LogP contribution in [0.4, 0.5) is 5.82 Å². The number of nitrogens with one attached hydrogen (secondary N) is 2. The number of aromatic nitrogens is 1. The lowest BCUT2D eigenvalue weighted by Gasteiger charge is -2.14. The van der Waals surface area contributed by atoms with Crippen molar-refractivity contribution in [3.63, 3.8) is 0 Å². The Balaban J connectivity index is 2.28. The number of nitrogens with two attached hydrogens (primary N) is 1. The smallest absolute Gasteiger partial charge is 0.253 e. The Hall–Kier alpha value is -2.14. The van der Waals surface area contributed by atoms with E-state index in [4.69, 9.17) is 5.84 Å². The van der Waals surface area contributed by atoms with Gasteiger partial charge in [-0.1, -0.05) is 51.0 Å². The molecule has 1 aromatic heterocycles. The zero-order chi connectivity index (χ0) is 15.2. The molecule has 0 atom stereocenters. The summed E-state index contributed by atoms with van der Waals surface area (Å²) >= 11 is 0.